The van der Waals surface area contributed by atoms with Crippen molar-refractivity contribution in [3.63, 3.8) is 0 Å². The molecule has 0 radical (unpaired) electrons. The maximum atomic E-state index is 13.1. The molecule has 5 atom stereocenters. The SMILES string of the molecule is CCCCC/C=C\C/C=C\C/C=C\C/C=C\CCCC(=O)OC[C@H](COP(=O)(O)OC[C@H](O)COP(=O)(O)OC[C@@H](COC(=O)CCCCCCC/C=C\C/C=C\CCCCC)OC(=O)CCCCCCC/C=C\C/C=C\CCCCC)OC(=O)CCCCCCCCCCCCCCCCC. The summed E-state index contributed by atoms with van der Waals surface area (Å²) < 4.78 is 68.6. The zero-order chi connectivity index (χ0) is 74.6. The average Bonchev–Trinajstić information content (AvgIpc) is 0.923. The molecule has 0 aromatic carbocycles. The number of allylic oxidation sites excluding steroid dienone is 16. The number of unbranched alkanes of at least 4 members (excludes halogenated alkanes) is 34. The third-order valence-electron chi connectivity index (χ3n) is 17.0. The summed E-state index contributed by atoms with van der Waals surface area (Å²) in [7, 11) is -9.97. The van der Waals surface area contributed by atoms with Gasteiger partial charge in [0.25, 0.3) is 0 Å². The molecule has 2 unspecified atom stereocenters. The van der Waals surface area contributed by atoms with Crippen LogP contribution in [0.15, 0.2) is 97.2 Å². The number of phosphoric acid groups is 2. The first kappa shape index (κ1) is 98.0. The van der Waals surface area contributed by atoms with Crippen LogP contribution in [0.5, 0.6) is 0 Å². The molecule has 0 aliphatic heterocycles. The van der Waals surface area contributed by atoms with Crippen LogP contribution in [0.1, 0.15) is 349 Å². The number of hydrogen-bond acceptors (Lipinski definition) is 15. The summed E-state index contributed by atoms with van der Waals surface area (Å²) in [5.41, 5.74) is 0. The van der Waals surface area contributed by atoms with E-state index in [-0.39, 0.29) is 25.7 Å². The molecule has 590 valence electrons. The zero-order valence-electron chi connectivity index (χ0n) is 64.5. The number of esters is 4. The van der Waals surface area contributed by atoms with E-state index < -0.39 is 97.5 Å². The highest BCUT2D eigenvalue weighted by Crippen LogP contribution is 2.45. The predicted octanol–water partition coefficient (Wildman–Crippen LogP) is 23.6. The van der Waals surface area contributed by atoms with Crippen LogP contribution in [-0.4, -0.2) is 96.7 Å². The van der Waals surface area contributed by atoms with Gasteiger partial charge >= 0.3 is 39.5 Å². The molecule has 0 fully saturated rings. The third-order valence-corrected chi connectivity index (χ3v) is 18.9. The van der Waals surface area contributed by atoms with Gasteiger partial charge in [-0.05, 0) is 128 Å². The number of carbonyl (C=O) groups excluding carboxylic acids is 4. The number of ether oxygens (including phenoxy) is 4. The molecule has 0 aliphatic carbocycles. The average molecular weight is 1480 g/mol. The summed E-state index contributed by atoms with van der Waals surface area (Å²) in [6.45, 7) is 4.75. The second-order valence-corrected chi connectivity index (χ2v) is 29.9. The van der Waals surface area contributed by atoms with Crippen molar-refractivity contribution in [2.24, 2.45) is 0 Å². The Bertz CT molecular complexity index is 2310. The summed E-state index contributed by atoms with van der Waals surface area (Å²) in [5.74, 6) is -2.25. The molecule has 19 heteroatoms. The topological polar surface area (TPSA) is 237 Å². The lowest BCUT2D eigenvalue weighted by atomic mass is 10.0. The second kappa shape index (κ2) is 75.2. The number of rotatable bonds is 76. The van der Waals surface area contributed by atoms with E-state index >= 15 is 0 Å². The first-order chi connectivity index (χ1) is 49.7. The third kappa shape index (κ3) is 74.3. The molecule has 0 saturated carbocycles. The lowest BCUT2D eigenvalue weighted by Crippen LogP contribution is -2.30. The van der Waals surface area contributed by atoms with Crippen LogP contribution >= 0.6 is 15.6 Å². The maximum Gasteiger partial charge on any atom is 0.472 e. The fraction of sp³-hybridized carbons (Fsp3) is 0.759. The van der Waals surface area contributed by atoms with Crippen molar-refractivity contribution in [2.45, 2.75) is 367 Å². The minimum Gasteiger partial charge on any atom is -0.462 e. The van der Waals surface area contributed by atoms with Crippen molar-refractivity contribution in [1.29, 1.82) is 0 Å². The number of carbonyl (C=O) groups is 4. The Hall–Kier alpha value is -4.02. The standard InChI is InChI=1S/C83H146O17P2/c1-5-9-13-17-21-25-29-33-37-38-42-44-48-52-56-60-64-68-81(86)94-74-79(100-83(88)70-66-62-58-54-50-46-41-36-32-28-24-20-16-12-8-4)76-98-102(91,92)96-72-77(84)71-95-101(89,90)97-75-78(99-82(87)69-65-61-57-53-49-45-40-35-31-27-23-19-15-11-7-3)73-93-80(85)67-63-59-55-51-47-43-39-34-30-26-22-18-14-10-6-2/h21-23,25-27,33-35,37,39-40,42,44,52,56,77-79,84H,5-20,24,28-32,36,38,41,43,45-51,53-55,57-76H2,1-4H3,(H,89,90)(H,91,92)/b25-21-,26-22-,27-23-,37-33-,39-34-,40-35-,44-42-,56-52-/t77-,78-,79-/m1/s1. The van der Waals surface area contributed by atoms with E-state index in [4.69, 9.17) is 37.0 Å². The largest absolute Gasteiger partial charge is 0.472 e. The summed E-state index contributed by atoms with van der Waals surface area (Å²) in [6.07, 6.45) is 79.5. The van der Waals surface area contributed by atoms with Crippen molar-refractivity contribution in [3.8, 4) is 0 Å². The summed E-state index contributed by atoms with van der Waals surface area (Å²) in [4.78, 5) is 73.0. The Balaban J connectivity index is 5.41. The second-order valence-electron chi connectivity index (χ2n) is 27.0. The van der Waals surface area contributed by atoms with Gasteiger partial charge in [0.15, 0.2) is 12.2 Å². The summed E-state index contributed by atoms with van der Waals surface area (Å²) in [5, 5.41) is 10.6. The van der Waals surface area contributed by atoms with Crippen molar-refractivity contribution in [2.75, 3.05) is 39.6 Å². The highest BCUT2D eigenvalue weighted by molar-refractivity contribution is 7.47. The van der Waals surface area contributed by atoms with Gasteiger partial charge < -0.3 is 33.8 Å². The minimum atomic E-state index is -4.99. The summed E-state index contributed by atoms with van der Waals surface area (Å²) in [6, 6.07) is 0. The Labute approximate surface area is 620 Å². The minimum absolute atomic E-state index is 0.0753. The normalized spacial score (nSPS) is 14.4. The van der Waals surface area contributed by atoms with E-state index in [0.29, 0.717) is 32.1 Å². The van der Waals surface area contributed by atoms with Crippen LogP contribution in [0.4, 0.5) is 0 Å². The molecule has 0 aromatic heterocycles. The smallest absolute Gasteiger partial charge is 0.462 e. The number of aliphatic hydroxyl groups is 1. The Morgan fingerprint density at radius 2 is 0.490 bits per heavy atom. The zero-order valence-corrected chi connectivity index (χ0v) is 66.3. The van der Waals surface area contributed by atoms with Crippen LogP contribution in [0.25, 0.3) is 0 Å². The van der Waals surface area contributed by atoms with Gasteiger partial charge in [-0.1, -0.05) is 292 Å². The Morgan fingerprint density at radius 1 is 0.275 bits per heavy atom. The fourth-order valence-electron chi connectivity index (χ4n) is 10.8. The van der Waals surface area contributed by atoms with Crippen LogP contribution in [-0.2, 0) is 65.4 Å². The molecule has 0 rings (SSSR count). The van der Waals surface area contributed by atoms with Crippen molar-refractivity contribution in [3.05, 3.63) is 97.2 Å². The number of aliphatic hydroxyl groups excluding tert-OH is 1. The molecule has 17 nitrogen and oxygen atoms in total. The molecule has 102 heavy (non-hydrogen) atoms. The van der Waals surface area contributed by atoms with Gasteiger partial charge in [0.2, 0.25) is 0 Å². The molecule has 3 N–H and O–H groups in total. The molecule has 0 aromatic rings. The van der Waals surface area contributed by atoms with Crippen LogP contribution < -0.4 is 0 Å². The lowest BCUT2D eigenvalue weighted by molar-refractivity contribution is -0.161. The maximum absolute atomic E-state index is 13.1. The Morgan fingerprint density at radius 3 is 0.794 bits per heavy atom. The first-order valence-corrected chi connectivity index (χ1v) is 43.5. The molecule has 0 bridgehead atoms. The summed E-state index contributed by atoms with van der Waals surface area (Å²) >= 11 is 0. The van der Waals surface area contributed by atoms with E-state index in [0.717, 1.165) is 141 Å². The number of hydrogen-bond donors (Lipinski definition) is 3. The van der Waals surface area contributed by atoms with Crippen molar-refractivity contribution >= 4 is 39.5 Å². The molecule has 0 spiro atoms. The highest BCUT2D eigenvalue weighted by atomic mass is 31.2. The first-order valence-electron chi connectivity index (χ1n) is 40.5. The van der Waals surface area contributed by atoms with E-state index in [2.05, 4.69) is 113 Å². The predicted molar refractivity (Wildman–Crippen MR) is 418 cm³/mol. The molecular formula is C83H146O17P2. The Kier molecular flexibility index (Phi) is 72.3. The fourth-order valence-corrected chi connectivity index (χ4v) is 12.4. The molecule has 0 heterocycles. The van der Waals surface area contributed by atoms with E-state index in [9.17, 15) is 43.2 Å². The monoisotopic (exact) mass is 1480 g/mol. The highest BCUT2D eigenvalue weighted by Gasteiger charge is 2.30. The van der Waals surface area contributed by atoms with Gasteiger partial charge in [0.05, 0.1) is 26.4 Å². The van der Waals surface area contributed by atoms with E-state index in [1.165, 1.54) is 122 Å². The van der Waals surface area contributed by atoms with Crippen LogP contribution in [0, 0.1) is 0 Å². The van der Waals surface area contributed by atoms with Gasteiger partial charge in [-0.2, -0.15) is 0 Å². The molecule has 0 aliphatic rings. The van der Waals surface area contributed by atoms with Crippen molar-refractivity contribution < 1.29 is 80.2 Å². The van der Waals surface area contributed by atoms with E-state index in [1.54, 1.807) is 0 Å². The molecule has 0 saturated heterocycles. The lowest BCUT2D eigenvalue weighted by Gasteiger charge is -2.21. The quantitative estimate of drug-likeness (QED) is 0.0169. The molecular weight excluding hydrogens is 1330 g/mol. The van der Waals surface area contributed by atoms with Gasteiger partial charge in [-0.25, -0.2) is 9.13 Å². The van der Waals surface area contributed by atoms with Gasteiger partial charge in [-0.3, -0.25) is 37.3 Å². The van der Waals surface area contributed by atoms with Gasteiger partial charge in [0, 0.05) is 25.7 Å². The van der Waals surface area contributed by atoms with Gasteiger partial charge in [-0.15, -0.1) is 0 Å². The number of phosphoric ester groups is 2. The van der Waals surface area contributed by atoms with E-state index in [1.807, 2.05) is 12.2 Å². The van der Waals surface area contributed by atoms with Crippen molar-refractivity contribution in [1.82, 2.24) is 0 Å². The molecule has 0 amide bonds. The van der Waals surface area contributed by atoms with Gasteiger partial charge in [0.1, 0.15) is 19.3 Å². The van der Waals surface area contributed by atoms with Crippen LogP contribution in [0.2, 0.25) is 0 Å². The van der Waals surface area contributed by atoms with Crippen LogP contribution in [0.3, 0.4) is 0 Å².